The molecule has 0 N–H and O–H groups in total. The molecule has 0 aliphatic carbocycles. The molecule has 0 unspecified atom stereocenters. The first kappa shape index (κ1) is 56.7. The zero-order valence-electron chi connectivity index (χ0n) is 54.1. The fourth-order valence-electron chi connectivity index (χ4n) is 15.4. The van der Waals surface area contributed by atoms with E-state index in [2.05, 4.69) is 252 Å². The molecular weight excluding hydrogens is 1290 g/mol. The number of para-hydroxylation sites is 3. The summed E-state index contributed by atoms with van der Waals surface area (Å²) in [7, 11) is 0. The maximum atomic E-state index is 6.71. The molecule has 22 aromatic rings. The molecule has 0 aliphatic rings. The van der Waals surface area contributed by atoms with Gasteiger partial charge in [-0.15, -0.1) is 22.7 Å². The monoisotopic (exact) mass is 1340 g/mol. The molecule has 0 atom stereocenters. The van der Waals surface area contributed by atoms with E-state index in [4.69, 9.17) is 38.7 Å². The van der Waals surface area contributed by atoms with Gasteiger partial charge in [-0.1, -0.05) is 170 Å². The van der Waals surface area contributed by atoms with Crippen molar-refractivity contribution in [2.45, 2.75) is 0 Å². The van der Waals surface area contributed by atoms with Gasteiger partial charge >= 0.3 is 0 Å². The molecule has 474 valence electrons. The molecule has 10 nitrogen and oxygen atoms in total. The van der Waals surface area contributed by atoms with E-state index >= 15 is 0 Å². The Morgan fingerprint density at radius 2 is 0.549 bits per heavy atom. The molecule has 12 heteroatoms. The molecule has 14 aromatic carbocycles. The van der Waals surface area contributed by atoms with Crippen LogP contribution in [0.1, 0.15) is 0 Å². The summed E-state index contributed by atoms with van der Waals surface area (Å²) in [5.74, 6) is 3.55. The Hall–Kier alpha value is -13.3. The highest BCUT2D eigenvalue weighted by molar-refractivity contribution is 7.26. The van der Waals surface area contributed by atoms with Gasteiger partial charge in [0.1, 0.15) is 22.3 Å². The molecule has 102 heavy (non-hydrogen) atoms. The number of hydrogen-bond acceptors (Lipinski definition) is 10. The van der Waals surface area contributed by atoms with Gasteiger partial charge in [-0.3, -0.25) is 0 Å². The number of furan rings is 2. The van der Waals surface area contributed by atoms with Crippen LogP contribution in [0.4, 0.5) is 0 Å². The van der Waals surface area contributed by atoms with Crippen LogP contribution >= 0.6 is 22.7 Å². The predicted molar refractivity (Wildman–Crippen MR) is 420 cm³/mol. The first-order chi connectivity index (χ1) is 50.5. The lowest BCUT2D eigenvalue weighted by molar-refractivity contribution is 0.668. The molecule has 0 fully saturated rings. The lowest BCUT2D eigenvalue weighted by atomic mass is 10.00. The third-order valence-corrected chi connectivity index (χ3v) is 22.5. The molecule has 0 saturated heterocycles. The van der Waals surface area contributed by atoms with Gasteiger partial charge in [0.05, 0.1) is 22.1 Å². The third kappa shape index (κ3) is 8.96. The van der Waals surface area contributed by atoms with E-state index in [-0.39, 0.29) is 0 Å². The Morgan fingerprint density at radius 1 is 0.196 bits per heavy atom. The number of aromatic nitrogens is 8. The molecule has 0 bridgehead atoms. The van der Waals surface area contributed by atoms with Crippen molar-refractivity contribution in [3.63, 3.8) is 0 Å². The SMILES string of the molecule is c1ccc(-c2nc(-c3ccc4c(c3)oc3ccc(-n5c6ccccc6c6cc(-c7ccc8sc9ccc(-c%10nc(-c%11ccccc%11)nc(-c%11ccc%12c(c%11)oc%11ccc(-n%13c%14ccccc%14c%14ccccc%14%13)cc%11%12)n%10)cc9c8c7)ccc65)cc34)nc(-c3ccc4c(c3)sc3ccccc34)n2)cc1. The van der Waals surface area contributed by atoms with E-state index < -0.39 is 0 Å². The summed E-state index contributed by atoms with van der Waals surface area (Å²) in [6.07, 6.45) is 0. The molecule has 8 aromatic heterocycles. The molecular formula is C90H50N8O2S2. The third-order valence-electron chi connectivity index (χ3n) is 20.2. The fourth-order valence-corrected chi connectivity index (χ4v) is 17.6. The standard InChI is InChI=1S/C90H50N8O2S2/c1-3-15-51(16-4-1)85-91-87(95-88(92-85)56-27-35-64-69-49-59(33-39-77(69)99-79(64)46-56)97-73-23-11-7-19-61(73)62-20-8-12-24-74(62)97)55-32-42-83-72(45-55)71-44-54(31-41-82(71)101-83)53-30-38-76-68(43-53)63-21-9-13-25-75(63)98(76)60-34-40-78-70(50-60)65-36-28-57(47-80(65)100-78)89-93-86(52-17-5-2-6-18-52)94-90(96-89)58-29-37-67-66-22-10-14-26-81(66)102-84(67)48-58/h1-50H. The van der Waals surface area contributed by atoms with Crippen molar-refractivity contribution in [2.75, 3.05) is 0 Å². The number of hydrogen-bond donors (Lipinski definition) is 0. The lowest BCUT2D eigenvalue weighted by Crippen LogP contribution is -2.00. The van der Waals surface area contributed by atoms with E-state index in [1.807, 2.05) is 60.7 Å². The van der Waals surface area contributed by atoms with Crippen molar-refractivity contribution in [1.82, 2.24) is 39.0 Å². The summed E-state index contributed by atoms with van der Waals surface area (Å²) in [5, 5.41) is 13.7. The summed E-state index contributed by atoms with van der Waals surface area (Å²) in [6.45, 7) is 0. The number of rotatable bonds is 9. The average molecular weight is 1340 g/mol. The highest BCUT2D eigenvalue weighted by Gasteiger charge is 2.22. The molecule has 8 heterocycles. The van der Waals surface area contributed by atoms with Crippen LogP contribution in [-0.2, 0) is 0 Å². The van der Waals surface area contributed by atoms with Gasteiger partial charge in [-0.05, 0) is 145 Å². The first-order valence-corrected chi connectivity index (χ1v) is 35.6. The zero-order valence-corrected chi connectivity index (χ0v) is 55.7. The molecule has 0 aliphatic heterocycles. The Balaban J connectivity index is 0.600. The Labute approximate surface area is 588 Å². The van der Waals surface area contributed by atoms with Gasteiger partial charge in [-0.2, -0.15) is 0 Å². The van der Waals surface area contributed by atoms with Gasteiger partial charge in [0, 0.05) is 128 Å². The largest absolute Gasteiger partial charge is 0.456 e. The predicted octanol–water partition coefficient (Wildman–Crippen LogP) is 24.5. The average Bonchev–Trinajstić information content (AvgIpc) is 1.59. The second kappa shape index (κ2) is 22.1. The van der Waals surface area contributed by atoms with Crippen molar-refractivity contribution in [3.05, 3.63) is 303 Å². The van der Waals surface area contributed by atoms with E-state index in [0.29, 0.717) is 34.9 Å². The minimum absolute atomic E-state index is 0.564. The summed E-state index contributed by atoms with van der Waals surface area (Å²) >= 11 is 3.58. The topological polar surface area (TPSA) is 113 Å². The number of thiophene rings is 2. The second-order valence-corrected chi connectivity index (χ2v) is 28.3. The van der Waals surface area contributed by atoms with E-state index in [0.717, 1.165) is 127 Å². The van der Waals surface area contributed by atoms with Gasteiger partial charge in [-0.25, -0.2) is 29.9 Å². The fraction of sp³-hybridized carbons (Fsp3) is 0. The first-order valence-electron chi connectivity index (χ1n) is 33.9. The van der Waals surface area contributed by atoms with Crippen LogP contribution in [0.15, 0.2) is 312 Å². The smallest absolute Gasteiger partial charge is 0.164 e. The van der Waals surface area contributed by atoms with Crippen LogP contribution < -0.4 is 0 Å². The summed E-state index contributed by atoms with van der Waals surface area (Å²) in [6, 6.07) is 107. The van der Waals surface area contributed by atoms with Gasteiger partial charge in [0.2, 0.25) is 0 Å². The van der Waals surface area contributed by atoms with Crippen LogP contribution in [0, 0.1) is 0 Å². The molecule has 0 saturated carbocycles. The van der Waals surface area contributed by atoms with Crippen molar-refractivity contribution in [1.29, 1.82) is 0 Å². The van der Waals surface area contributed by atoms with Crippen LogP contribution in [0.25, 0.3) is 219 Å². The number of nitrogens with zero attached hydrogens (tertiary/aromatic N) is 8. The zero-order chi connectivity index (χ0) is 66.7. The maximum Gasteiger partial charge on any atom is 0.164 e. The van der Waals surface area contributed by atoms with Gasteiger partial charge in [0.25, 0.3) is 0 Å². The van der Waals surface area contributed by atoms with E-state index in [1.165, 1.54) is 56.5 Å². The normalized spacial score (nSPS) is 12.1. The van der Waals surface area contributed by atoms with Crippen molar-refractivity contribution < 1.29 is 8.83 Å². The molecule has 0 spiro atoms. The number of benzene rings is 14. The molecule has 22 rings (SSSR count). The van der Waals surface area contributed by atoms with Gasteiger partial charge < -0.3 is 18.0 Å². The Bertz CT molecular complexity index is 7230. The second-order valence-electron chi connectivity index (χ2n) is 26.1. The lowest BCUT2D eigenvalue weighted by Gasteiger charge is -2.09. The molecule has 0 radical (unpaired) electrons. The maximum absolute atomic E-state index is 6.71. The number of fused-ring (bicyclic) bond motifs is 18. The van der Waals surface area contributed by atoms with Crippen molar-refractivity contribution in [3.8, 4) is 90.8 Å². The highest BCUT2D eigenvalue weighted by Crippen LogP contribution is 2.44. The summed E-state index contributed by atoms with van der Waals surface area (Å²) in [4.78, 5) is 31.0. The van der Waals surface area contributed by atoms with Crippen molar-refractivity contribution >= 4 is 151 Å². The highest BCUT2D eigenvalue weighted by atomic mass is 32.1. The van der Waals surface area contributed by atoms with Crippen LogP contribution in [0.5, 0.6) is 0 Å². The Kier molecular flexibility index (Phi) is 12.3. The van der Waals surface area contributed by atoms with E-state index in [9.17, 15) is 0 Å². The quantitative estimate of drug-likeness (QED) is 0.140. The van der Waals surface area contributed by atoms with Crippen LogP contribution in [-0.4, -0.2) is 39.0 Å². The van der Waals surface area contributed by atoms with E-state index in [1.54, 1.807) is 22.7 Å². The minimum atomic E-state index is 0.564. The van der Waals surface area contributed by atoms with Crippen LogP contribution in [0.3, 0.4) is 0 Å². The summed E-state index contributed by atoms with van der Waals surface area (Å²) in [5.41, 5.74) is 17.4. The molecule has 0 amide bonds. The Morgan fingerprint density at radius 3 is 1.08 bits per heavy atom. The minimum Gasteiger partial charge on any atom is -0.456 e. The van der Waals surface area contributed by atoms with Crippen molar-refractivity contribution in [2.24, 2.45) is 0 Å². The van der Waals surface area contributed by atoms with Crippen LogP contribution in [0.2, 0.25) is 0 Å². The van der Waals surface area contributed by atoms with Gasteiger partial charge in [0.15, 0.2) is 34.9 Å². The summed E-state index contributed by atoms with van der Waals surface area (Å²) < 4.78 is 22.9.